The zero-order valence-corrected chi connectivity index (χ0v) is 58.8. The summed E-state index contributed by atoms with van der Waals surface area (Å²) in [5.74, 6) is -0.0315. The minimum absolute atomic E-state index is 0.0271. The van der Waals surface area contributed by atoms with Crippen LogP contribution in [-0.2, 0) is 14.3 Å². The molecule has 0 aliphatic heterocycles. The van der Waals surface area contributed by atoms with E-state index in [-0.39, 0.29) is 18.5 Å². The van der Waals surface area contributed by atoms with E-state index in [1.54, 1.807) is 6.08 Å². The highest BCUT2D eigenvalue weighted by molar-refractivity contribution is 5.76. The summed E-state index contributed by atoms with van der Waals surface area (Å²) in [6.07, 6.45) is 96.3. The first-order valence-corrected chi connectivity index (χ1v) is 40.0. The SMILES string of the molecule is CCCCCCCCCCCCCCCCCC/C=C/C(O)C(CO)NC(=O)CCCCCCCCCCCCCCCCCCCCCCCCCCCCCCCCCCCOC(=O)CCCCCCCCCCCCCCCCCCCC. The van der Waals surface area contributed by atoms with E-state index < -0.39 is 12.1 Å². The summed E-state index contributed by atoms with van der Waals surface area (Å²) in [7, 11) is 0. The highest BCUT2D eigenvalue weighted by Gasteiger charge is 2.18. The van der Waals surface area contributed by atoms with Crippen LogP contribution in [0.5, 0.6) is 0 Å². The van der Waals surface area contributed by atoms with Crippen LogP contribution in [0.4, 0.5) is 0 Å². The molecule has 0 spiro atoms. The predicted molar refractivity (Wildman–Crippen MR) is 380 cm³/mol. The van der Waals surface area contributed by atoms with Gasteiger partial charge < -0.3 is 20.3 Å². The number of nitrogens with one attached hydrogen (secondary N) is 1. The van der Waals surface area contributed by atoms with Crippen molar-refractivity contribution in [3.8, 4) is 0 Å². The molecule has 6 heteroatoms. The van der Waals surface area contributed by atoms with Gasteiger partial charge in [0.2, 0.25) is 5.91 Å². The van der Waals surface area contributed by atoms with Crippen molar-refractivity contribution in [2.24, 2.45) is 0 Å². The van der Waals surface area contributed by atoms with Gasteiger partial charge in [-0.1, -0.05) is 431 Å². The Hall–Kier alpha value is -1.40. The Morgan fingerprint density at radius 2 is 0.535 bits per heavy atom. The number of hydrogen-bond donors (Lipinski definition) is 3. The van der Waals surface area contributed by atoms with Gasteiger partial charge in [-0.15, -0.1) is 0 Å². The monoisotopic (exact) mass is 1210 g/mol. The average molecular weight is 1210 g/mol. The van der Waals surface area contributed by atoms with Gasteiger partial charge in [0.15, 0.2) is 0 Å². The molecular formula is C80H157NO5. The second kappa shape index (κ2) is 76.1. The number of rotatable bonds is 76. The van der Waals surface area contributed by atoms with E-state index in [1.165, 1.54) is 398 Å². The number of esters is 1. The number of aliphatic hydroxyl groups excluding tert-OH is 2. The van der Waals surface area contributed by atoms with E-state index in [0.29, 0.717) is 19.4 Å². The summed E-state index contributed by atoms with van der Waals surface area (Å²) in [5, 5.41) is 23.2. The average Bonchev–Trinajstić information content (AvgIpc) is 3.54. The molecule has 2 unspecified atom stereocenters. The van der Waals surface area contributed by atoms with Gasteiger partial charge in [0.05, 0.1) is 25.4 Å². The summed E-state index contributed by atoms with van der Waals surface area (Å²) >= 11 is 0. The first-order valence-electron chi connectivity index (χ1n) is 40.0. The lowest BCUT2D eigenvalue weighted by Gasteiger charge is -2.20. The van der Waals surface area contributed by atoms with E-state index in [9.17, 15) is 19.8 Å². The van der Waals surface area contributed by atoms with Crippen molar-refractivity contribution in [2.75, 3.05) is 13.2 Å². The van der Waals surface area contributed by atoms with Crippen LogP contribution in [0.3, 0.4) is 0 Å². The number of carbonyl (C=O) groups excluding carboxylic acids is 2. The van der Waals surface area contributed by atoms with E-state index in [4.69, 9.17) is 4.74 Å². The van der Waals surface area contributed by atoms with Crippen molar-refractivity contribution in [3.63, 3.8) is 0 Å². The van der Waals surface area contributed by atoms with Gasteiger partial charge in [0.25, 0.3) is 0 Å². The molecule has 0 aromatic rings. The van der Waals surface area contributed by atoms with Crippen LogP contribution in [0.2, 0.25) is 0 Å². The standard InChI is InChI=1S/C80H157NO5/c1-3-5-7-9-11-13-15-17-19-21-40-44-48-52-56-60-64-68-72-78(83)77(76-82)81-79(84)73-69-65-61-57-53-49-45-41-38-36-34-32-30-28-26-24-23-25-27-29-31-33-35-37-39-43-47-51-55-59-63-67-71-75-86-80(85)74-70-66-62-58-54-50-46-42-22-20-18-16-14-12-10-8-6-4-2/h68,72,77-78,82-83H,3-67,69-71,73-76H2,1-2H3,(H,81,84)/b72-68+. The maximum atomic E-state index is 12.5. The molecule has 0 aliphatic carbocycles. The molecule has 0 aliphatic rings. The molecule has 0 aromatic heterocycles. The zero-order valence-electron chi connectivity index (χ0n) is 58.8. The van der Waals surface area contributed by atoms with E-state index in [0.717, 1.165) is 38.5 Å². The summed E-state index contributed by atoms with van der Waals surface area (Å²) < 4.78 is 5.52. The first-order chi connectivity index (χ1) is 42.5. The lowest BCUT2D eigenvalue weighted by Crippen LogP contribution is -2.45. The highest BCUT2D eigenvalue weighted by atomic mass is 16.5. The lowest BCUT2D eigenvalue weighted by molar-refractivity contribution is -0.143. The third-order valence-corrected chi connectivity index (χ3v) is 19.1. The van der Waals surface area contributed by atoms with E-state index >= 15 is 0 Å². The van der Waals surface area contributed by atoms with Crippen molar-refractivity contribution >= 4 is 11.9 Å². The summed E-state index contributed by atoms with van der Waals surface area (Å²) in [6, 6.07) is -0.624. The Morgan fingerprint density at radius 1 is 0.314 bits per heavy atom. The second-order valence-corrected chi connectivity index (χ2v) is 27.8. The molecule has 2 atom stereocenters. The van der Waals surface area contributed by atoms with Crippen molar-refractivity contribution < 1.29 is 24.5 Å². The molecule has 0 bridgehead atoms. The quantitative estimate of drug-likeness (QED) is 0.0320. The smallest absolute Gasteiger partial charge is 0.305 e. The third-order valence-electron chi connectivity index (χ3n) is 19.1. The van der Waals surface area contributed by atoms with Crippen LogP contribution in [0, 0.1) is 0 Å². The van der Waals surface area contributed by atoms with Crippen LogP contribution in [-0.4, -0.2) is 47.4 Å². The normalized spacial score (nSPS) is 12.5. The number of aliphatic hydroxyl groups is 2. The molecule has 0 aromatic carbocycles. The largest absolute Gasteiger partial charge is 0.466 e. The Bertz CT molecular complexity index is 1300. The van der Waals surface area contributed by atoms with E-state index in [2.05, 4.69) is 19.2 Å². The van der Waals surface area contributed by atoms with Crippen LogP contribution < -0.4 is 5.32 Å². The molecule has 0 heterocycles. The van der Waals surface area contributed by atoms with Crippen LogP contribution in [0.15, 0.2) is 12.2 Å². The van der Waals surface area contributed by atoms with E-state index in [1.807, 2.05) is 6.08 Å². The third kappa shape index (κ3) is 71.7. The maximum absolute atomic E-state index is 12.5. The lowest BCUT2D eigenvalue weighted by atomic mass is 10.0. The van der Waals surface area contributed by atoms with Gasteiger partial charge in [-0.05, 0) is 32.1 Å². The molecule has 0 saturated carbocycles. The minimum Gasteiger partial charge on any atom is -0.466 e. The van der Waals surface area contributed by atoms with Crippen LogP contribution >= 0.6 is 0 Å². The number of ether oxygens (including phenoxy) is 1. The second-order valence-electron chi connectivity index (χ2n) is 27.8. The molecule has 0 radical (unpaired) electrons. The molecule has 1 amide bonds. The molecule has 86 heavy (non-hydrogen) atoms. The number of carbonyl (C=O) groups is 2. The number of unbranched alkanes of at least 4 members (excludes halogenated alkanes) is 65. The van der Waals surface area contributed by atoms with Crippen molar-refractivity contribution in [3.05, 3.63) is 12.2 Å². The van der Waals surface area contributed by atoms with Gasteiger partial charge in [-0.25, -0.2) is 0 Å². The predicted octanol–water partition coefficient (Wildman–Crippen LogP) is 26.3. The maximum Gasteiger partial charge on any atom is 0.305 e. The summed E-state index contributed by atoms with van der Waals surface area (Å²) in [4.78, 5) is 24.6. The Morgan fingerprint density at radius 3 is 0.791 bits per heavy atom. The van der Waals surface area contributed by atoms with Crippen molar-refractivity contribution in [1.29, 1.82) is 0 Å². The molecular weight excluding hydrogens is 1050 g/mol. The van der Waals surface area contributed by atoms with Crippen molar-refractivity contribution in [1.82, 2.24) is 5.32 Å². The zero-order chi connectivity index (χ0) is 62.0. The van der Waals surface area contributed by atoms with Gasteiger partial charge in [0.1, 0.15) is 0 Å². The first kappa shape index (κ1) is 84.6. The molecule has 0 rings (SSSR count). The number of amides is 1. The molecule has 6 nitrogen and oxygen atoms in total. The Balaban J connectivity index is 3.31. The topological polar surface area (TPSA) is 95.9 Å². The van der Waals surface area contributed by atoms with Gasteiger partial charge in [0, 0.05) is 12.8 Å². The molecule has 0 fully saturated rings. The fourth-order valence-corrected chi connectivity index (χ4v) is 13.0. The fraction of sp³-hybridized carbons (Fsp3) is 0.950. The Labute approximate surface area is 539 Å². The molecule has 3 N–H and O–H groups in total. The Kier molecular flexibility index (Phi) is 74.8. The van der Waals surface area contributed by atoms with Crippen molar-refractivity contribution in [2.45, 2.75) is 475 Å². The number of hydrogen-bond acceptors (Lipinski definition) is 5. The van der Waals surface area contributed by atoms with Crippen LogP contribution in [0.25, 0.3) is 0 Å². The van der Waals surface area contributed by atoms with Gasteiger partial charge in [-0.2, -0.15) is 0 Å². The van der Waals surface area contributed by atoms with Gasteiger partial charge >= 0.3 is 5.97 Å². The molecule has 0 saturated heterocycles. The number of allylic oxidation sites excluding steroid dienone is 1. The summed E-state index contributed by atoms with van der Waals surface area (Å²) in [6.45, 7) is 4.97. The fourth-order valence-electron chi connectivity index (χ4n) is 13.0. The molecule has 512 valence electrons. The minimum atomic E-state index is -0.841. The van der Waals surface area contributed by atoms with Gasteiger partial charge in [-0.3, -0.25) is 9.59 Å². The highest BCUT2D eigenvalue weighted by Crippen LogP contribution is 2.20. The summed E-state index contributed by atoms with van der Waals surface area (Å²) in [5.41, 5.74) is 0. The van der Waals surface area contributed by atoms with Crippen LogP contribution in [0.1, 0.15) is 463 Å².